The molecule has 0 bridgehead atoms. The van der Waals surface area contributed by atoms with E-state index in [-0.39, 0.29) is 0 Å². The highest BCUT2D eigenvalue weighted by Crippen LogP contribution is 2.47. The lowest BCUT2D eigenvalue weighted by atomic mass is 9.61. The van der Waals surface area contributed by atoms with Crippen molar-refractivity contribution in [2.75, 3.05) is 13.1 Å². The number of isocyanates is 2. The first-order valence-corrected chi connectivity index (χ1v) is 19.9. The summed E-state index contributed by atoms with van der Waals surface area (Å²) in [5.74, 6) is 3.91. The Hall–Kier alpha value is -1.24. The number of aliphatic imine (C=N–C) groups is 2. The number of carbonyl (C=O) groups excluding carboxylic acids is 2. The molecule has 1 saturated carbocycles. The van der Waals surface area contributed by atoms with Crippen LogP contribution in [0.5, 0.6) is 0 Å². The van der Waals surface area contributed by atoms with Gasteiger partial charge < -0.3 is 0 Å². The molecule has 256 valence electrons. The Morgan fingerprint density at radius 3 is 1.05 bits per heavy atom. The van der Waals surface area contributed by atoms with Crippen molar-refractivity contribution in [3.63, 3.8) is 0 Å². The van der Waals surface area contributed by atoms with Gasteiger partial charge in [-0.2, -0.15) is 0 Å². The van der Waals surface area contributed by atoms with Crippen molar-refractivity contribution in [1.82, 2.24) is 0 Å². The van der Waals surface area contributed by atoms with Gasteiger partial charge in [-0.3, -0.25) is 0 Å². The summed E-state index contributed by atoms with van der Waals surface area (Å²) < 4.78 is 0. The summed E-state index contributed by atoms with van der Waals surface area (Å²) in [5, 5.41) is 0. The monoisotopic (exact) mass is 615 g/mol. The molecule has 4 heteroatoms. The van der Waals surface area contributed by atoms with Crippen LogP contribution in [0.2, 0.25) is 0 Å². The highest BCUT2D eigenvalue weighted by atomic mass is 16.1. The van der Waals surface area contributed by atoms with E-state index in [0.717, 1.165) is 36.5 Å². The zero-order valence-corrected chi connectivity index (χ0v) is 29.6. The van der Waals surface area contributed by atoms with Crippen molar-refractivity contribution < 1.29 is 9.59 Å². The Bertz CT molecular complexity index is 652. The molecule has 0 spiro atoms. The third kappa shape index (κ3) is 22.3. The Balaban J connectivity index is 2.61. The van der Waals surface area contributed by atoms with E-state index in [1.165, 1.54) is 180 Å². The lowest BCUT2D eigenvalue weighted by Gasteiger charge is -2.44. The summed E-state index contributed by atoms with van der Waals surface area (Å²) in [4.78, 5) is 27.8. The van der Waals surface area contributed by atoms with Crippen LogP contribution in [-0.2, 0) is 9.59 Å². The van der Waals surface area contributed by atoms with Crippen LogP contribution in [0.1, 0.15) is 206 Å². The maximum Gasteiger partial charge on any atom is 0.234 e. The standard InChI is InChI=1S/C40H74N2O2/c1-3-5-7-15-23-29-39-37(27-21-17-11-9-13-19-25-33-41-35-43)31-32-38(40(39)30-24-16-8-6-4-2)28-22-18-12-10-14-20-26-34-42-36-44/h37-40H,3-34H2,1-2H3. The molecule has 4 unspecified atom stereocenters. The molecule has 0 radical (unpaired) electrons. The summed E-state index contributed by atoms with van der Waals surface area (Å²) >= 11 is 0. The van der Waals surface area contributed by atoms with Crippen LogP contribution in [-0.4, -0.2) is 25.2 Å². The normalized spacial score (nSPS) is 19.9. The van der Waals surface area contributed by atoms with Gasteiger partial charge in [-0.25, -0.2) is 19.6 Å². The molecule has 0 aromatic rings. The Labute approximate surface area is 274 Å². The number of hydrogen-bond donors (Lipinski definition) is 0. The lowest BCUT2D eigenvalue weighted by Crippen LogP contribution is -2.35. The first-order chi connectivity index (χ1) is 21.8. The van der Waals surface area contributed by atoms with E-state index in [9.17, 15) is 9.59 Å². The minimum Gasteiger partial charge on any atom is -0.211 e. The molecule has 0 aliphatic heterocycles. The van der Waals surface area contributed by atoms with Gasteiger partial charge >= 0.3 is 0 Å². The Morgan fingerprint density at radius 2 is 0.705 bits per heavy atom. The smallest absolute Gasteiger partial charge is 0.211 e. The van der Waals surface area contributed by atoms with Crippen molar-refractivity contribution >= 4 is 12.2 Å². The quantitative estimate of drug-likeness (QED) is 0.0430. The van der Waals surface area contributed by atoms with Gasteiger partial charge in [0, 0.05) is 0 Å². The van der Waals surface area contributed by atoms with Gasteiger partial charge in [0.05, 0.1) is 13.1 Å². The number of unbranched alkanes of at least 4 members (excludes halogenated alkanes) is 20. The van der Waals surface area contributed by atoms with Crippen molar-refractivity contribution in [3.8, 4) is 0 Å². The summed E-state index contributed by atoms with van der Waals surface area (Å²) in [6.45, 7) is 5.99. The van der Waals surface area contributed by atoms with Gasteiger partial charge in [-0.1, -0.05) is 168 Å². The third-order valence-electron chi connectivity index (χ3n) is 10.8. The average molecular weight is 615 g/mol. The number of rotatable bonds is 32. The Kier molecular flexibility index (Phi) is 29.4. The highest BCUT2D eigenvalue weighted by molar-refractivity contribution is 5.32. The molecule has 0 heterocycles. The second-order valence-corrected chi connectivity index (χ2v) is 14.3. The maximum absolute atomic E-state index is 10.2. The summed E-state index contributed by atoms with van der Waals surface area (Å²) in [5.41, 5.74) is 0. The molecule has 0 aromatic heterocycles. The van der Waals surface area contributed by atoms with Crippen LogP contribution in [0.3, 0.4) is 0 Å². The zero-order valence-electron chi connectivity index (χ0n) is 29.6. The largest absolute Gasteiger partial charge is 0.234 e. The summed E-state index contributed by atoms with van der Waals surface area (Å²) in [6, 6.07) is 0. The fourth-order valence-corrected chi connectivity index (χ4v) is 8.19. The molecule has 1 fully saturated rings. The minimum atomic E-state index is 0.659. The highest BCUT2D eigenvalue weighted by Gasteiger charge is 2.37. The van der Waals surface area contributed by atoms with Crippen LogP contribution in [0.4, 0.5) is 0 Å². The van der Waals surface area contributed by atoms with Gasteiger partial charge in [0.15, 0.2) is 0 Å². The molecule has 0 aromatic carbocycles. The van der Waals surface area contributed by atoms with Gasteiger partial charge in [-0.15, -0.1) is 0 Å². The molecule has 0 N–H and O–H groups in total. The lowest BCUT2D eigenvalue weighted by molar-refractivity contribution is 0.0581. The van der Waals surface area contributed by atoms with E-state index in [1.807, 2.05) is 0 Å². The molecule has 1 aliphatic rings. The number of hydrogen-bond acceptors (Lipinski definition) is 4. The van der Waals surface area contributed by atoms with E-state index in [4.69, 9.17) is 0 Å². The predicted octanol–water partition coefficient (Wildman–Crippen LogP) is 12.9. The Morgan fingerprint density at radius 1 is 0.409 bits per heavy atom. The minimum absolute atomic E-state index is 0.659. The molecule has 4 atom stereocenters. The van der Waals surface area contributed by atoms with Crippen LogP contribution in [0, 0.1) is 23.7 Å². The molecular weight excluding hydrogens is 540 g/mol. The van der Waals surface area contributed by atoms with E-state index >= 15 is 0 Å². The maximum atomic E-state index is 10.2. The van der Waals surface area contributed by atoms with E-state index < -0.39 is 0 Å². The summed E-state index contributed by atoms with van der Waals surface area (Å²) in [7, 11) is 0. The topological polar surface area (TPSA) is 58.9 Å². The molecule has 1 rings (SSSR count). The second kappa shape index (κ2) is 31.7. The van der Waals surface area contributed by atoms with Gasteiger partial charge in [0.2, 0.25) is 12.2 Å². The van der Waals surface area contributed by atoms with E-state index in [0.29, 0.717) is 13.1 Å². The molecule has 0 amide bonds. The van der Waals surface area contributed by atoms with Crippen molar-refractivity contribution in [1.29, 1.82) is 0 Å². The van der Waals surface area contributed by atoms with Gasteiger partial charge in [-0.05, 0) is 62.2 Å². The number of nitrogens with zero attached hydrogens (tertiary/aromatic N) is 2. The first-order valence-electron chi connectivity index (χ1n) is 19.9. The molecule has 4 nitrogen and oxygen atoms in total. The SMILES string of the molecule is CCCCCCCC1C(CCCCCCCCCN=C=O)CCC(CCCCCCCCCN=C=O)C1CCCCCCC. The molecule has 44 heavy (non-hydrogen) atoms. The van der Waals surface area contributed by atoms with Crippen LogP contribution in [0.25, 0.3) is 0 Å². The molecule has 0 saturated heterocycles. The molecule has 1 aliphatic carbocycles. The van der Waals surface area contributed by atoms with Gasteiger partial charge in [0.25, 0.3) is 0 Å². The fraction of sp³-hybridized carbons (Fsp3) is 0.950. The van der Waals surface area contributed by atoms with Crippen molar-refractivity contribution in [2.24, 2.45) is 33.7 Å². The second-order valence-electron chi connectivity index (χ2n) is 14.3. The van der Waals surface area contributed by atoms with Crippen molar-refractivity contribution in [2.45, 2.75) is 206 Å². The van der Waals surface area contributed by atoms with E-state index in [2.05, 4.69) is 23.8 Å². The fourth-order valence-electron chi connectivity index (χ4n) is 8.19. The molecular formula is C40H74N2O2. The van der Waals surface area contributed by atoms with Crippen LogP contribution >= 0.6 is 0 Å². The average Bonchev–Trinajstić information content (AvgIpc) is 3.03. The van der Waals surface area contributed by atoms with E-state index in [1.54, 1.807) is 12.2 Å². The van der Waals surface area contributed by atoms with Crippen molar-refractivity contribution in [3.05, 3.63) is 0 Å². The zero-order chi connectivity index (χ0) is 31.8. The van der Waals surface area contributed by atoms with Gasteiger partial charge in [0.1, 0.15) is 0 Å². The first kappa shape index (κ1) is 40.8. The third-order valence-corrected chi connectivity index (χ3v) is 10.8. The predicted molar refractivity (Wildman–Crippen MR) is 190 cm³/mol. The van der Waals surface area contributed by atoms with Crippen LogP contribution < -0.4 is 0 Å². The van der Waals surface area contributed by atoms with Crippen LogP contribution in [0.15, 0.2) is 9.98 Å². The summed E-state index contributed by atoms with van der Waals surface area (Å²) in [6.07, 6.45) is 44.6.